The van der Waals surface area contributed by atoms with Gasteiger partial charge < -0.3 is 4.74 Å². The van der Waals surface area contributed by atoms with Gasteiger partial charge in [-0.2, -0.15) is 0 Å². The Bertz CT molecular complexity index is 592. The van der Waals surface area contributed by atoms with Gasteiger partial charge in [0.1, 0.15) is 5.75 Å². The average molecular weight is 293 g/mol. The quantitative estimate of drug-likeness (QED) is 0.468. The molecule has 0 saturated carbocycles. The van der Waals surface area contributed by atoms with Gasteiger partial charge in [0.15, 0.2) is 0 Å². The zero-order chi connectivity index (χ0) is 13.8. The zero-order valence-corrected chi connectivity index (χ0v) is 12.2. The second-order valence-corrected chi connectivity index (χ2v) is 5.50. The molecule has 0 bridgehead atoms. The average Bonchev–Trinajstić information content (AvgIpc) is 2.86. The summed E-state index contributed by atoms with van der Waals surface area (Å²) in [6.45, 7) is 3.77. The highest BCUT2D eigenvalue weighted by molar-refractivity contribution is 7.10. The molecule has 2 nitrogen and oxygen atoms in total. The number of esters is 1. The van der Waals surface area contributed by atoms with Gasteiger partial charge in [0.2, 0.25) is 0 Å². The van der Waals surface area contributed by atoms with E-state index in [1.807, 2.05) is 31.4 Å². The SMILES string of the molecule is Cc1cc(OC(=O)/C=C/c2cccs2)cc(C)c1Cl. The van der Waals surface area contributed by atoms with Crippen molar-refractivity contribution < 1.29 is 9.53 Å². The summed E-state index contributed by atoms with van der Waals surface area (Å²) < 4.78 is 5.25. The zero-order valence-electron chi connectivity index (χ0n) is 10.6. The molecule has 19 heavy (non-hydrogen) atoms. The van der Waals surface area contributed by atoms with Crippen LogP contribution in [0, 0.1) is 13.8 Å². The first-order valence-corrected chi connectivity index (χ1v) is 7.02. The molecule has 4 heteroatoms. The number of rotatable bonds is 3. The number of carbonyl (C=O) groups is 1. The molecule has 0 spiro atoms. The summed E-state index contributed by atoms with van der Waals surface area (Å²) in [7, 11) is 0. The van der Waals surface area contributed by atoms with Gasteiger partial charge in [-0.25, -0.2) is 4.79 Å². The lowest BCUT2D eigenvalue weighted by Gasteiger charge is -2.06. The number of carbonyl (C=O) groups excluding carboxylic acids is 1. The van der Waals surface area contributed by atoms with Crippen LogP contribution < -0.4 is 4.74 Å². The standard InChI is InChI=1S/C15H13ClO2S/c1-10-8-12(9-11(2)15(10)16)18-14(17)6-5-13-4-3-7-19-13/h3-9H,1-2H3/b6-5+. The van der Waals surface area contributed by atoms with Crippen LogP contribution in [0.2, 0.25) is 5.02 Å². The molecule has 0 N–H and O–H groups in total. The summed E-state index contributed by atoms with van der Waals surface area (Å²) in [5.41, 5.74) is 1.79. The minimum Gasteiger partial charge on any atom is -0.423 e. The van der Waals surface area contributed by atoms with Crippen molar-refractivity contribution in [3.05, 3.63) is 56.7 Å². The van der Waals surface area contributed by atoms with Crippen LogP contribution in [0.3, 0.4) is 0 Å². The van der Waals surface area contributed by atoms with Crippen LogP contribution in [0.5, 0.6) is 5.75 Å². The van der Waals surface area contributed by atoms with Crippen molar-refractivity contribution >= 4 is 35.0 Å². The maximum atomic E-state index is 11.7. The Hall–Kier alpha value is -1.58. The first kappa shape index (κ1) is 13.8. The summed E-state index contributed by atoms with van der Waals surface area (Å²) in [4.78, 5) is 12.7. The van der Waals surface area contributed by atoms with Gasteiger partial charge in [0.25, 0.3) is 0 Å². The summed E-state index contributed by atoms with van der Waals surface area (Å²) in [5, 5.41) is 2.66. The third kappa shape index (κ3) is 3.69. The number of hydrogen-bond acceptors (Lipinski definition) is 3. The Kier molecular flexibility index (Phi) is 4.40. The number of aryl methyl sites for hydroxylation is 2. The van der Waals surface area contributed by atoms with Crippen LogP contribution >= 0.6 is 22.9 Å². The van der Waals surface area contributed by atoms with Gasteiger partial charge in [-0.05, 0) is 54.6 Å². The van der Waals surface area contributed by atoms with Crippen molar-refractivity contribution in [2.45, 2.75) is 13.8 Å². The van der Waals surface area contributed by atoms with E-state index >= 15 is 0 Å². The van der Waals surface area contributed by atoms with E-state index in [1.54, 1.807) is 29.5 Å². The van der Waals surface area contributed by atoms with E-state index in [9.17, 15) is 4.79 Å². The van der Waals surface area contributed by atoms with E-state index in [1.165, 1.54) is 6.08 Å². The number of hydrogen-bond donors (Lipinski definition) is 0. The predicted octanol–water partition coefficient (Wildman–Crippen LogP) is 4.64. The Morgan fingerprint density at radius 2 is 2.00 bits per heavy atom. The number of ether oxygens (including phenoxy) is 1. The summed E-state index contributed by atoms with van der Waals surface area (Å²) in [6.07, 6.45) is 3.16. The fourth-order valence-corrected chi connectivity index (χ4v) is 2.38. The lowest BCUT2D eigenvalue weighted by Crippen LogP contribution is -2.04. The number of benzene rings is 1. The molecule has 1 heterocycles. The minimum absolute atomic E-state index is 0.394. The van der Waals surface area contributed by atoms with E-state index < -0.39 is 5.97 Å². The topological polar surface area (TPSA) is 26.3 Å². The normalized spacial score (nSPS) is 10.9. The summed E-state index contributed by atoms with van der Waals surface area (Å²) >= 11 is 7.63. The Labute approximate surface area is 121 Å². The van der Waals surface area contributed by atoms with E-state index in [2.05, 4.69) is 0 Å². The van der Waals surface area contributed by atoms with Gasteiger partial charge in [-0.3, -0.25) is 0 Å². The van der Waals surface area contributed by atoms with E-state index in [0.717, 1.165) is 16.0 Å². The molecule has 98 valence electrons. The number of halogens is 1. The van der Waals surface area contributed by atoms with Crippen LogP contribution in [-0.2, 0) is 4.79 Å². The number of thiophene rings is 1. The van der Waals surface area contributed by atoms with E-state index in [-0.39, 0.29) is 0 Å². The van der Waals surface area contributed by atoms with Gasteiger partial charge in [-0.15, -0.1) is 11.3 Å². The second kappa shape index (κ2) is 6.04. The van der Waals surface area contributed by atoms with E-state index in [4.69, 9.17) is 16.3 Å². The lowest BCUT2D eigenvalue weighted by atomic mass is 10.1. The third-order valence-corrected chi connectivity index (χ3v) is 3.99. The molecular formula is C15H13ClO2S. The molecule has 0 saturated heterocycles. The predicted molar refractivity (Wildman–Crippen MR) is 79.9 cm³/mol. The van der Waals surface area contributed by atoms with Gasteiger partial charge in [0, 0.05) is 16.0 Å². The highest BCUT2D eigenvalue weighted by Crippen LogP contribution is 2.26. The molecule has 0 aliphatic rings. The maximum Gasteiger partial charge on any atom is 0.336 e. The third-order valence-electron chi connectivity index (χ3n) is 2.56. The van der Waals surface area contributed by atoms with Crippen LogP contribution in [-0.4, -0.2) is 5.97 Å². The maximum absolute atomic E-state index is 11.7. The van der Waals surface area contributed by atoms with Crippen LogP contribution in [0.15, 0.2) is 35.7 Å². The largest absolute Gasteiger partial charge is 0.423 e. The van der Waals surface area contributed by atoms with Crippen molar-refractivity contribution in [1.29, 1.82) is 0 Å². The van der Waals surface area contributed by atoms with Crippen LogP contribution in [0.4, 0.5) is 0 Å². The van der Waals surface area contributed by atoms with E-state index in [0.29, 0.717) is 10.8 Å². The highest BCUT2D eigenvalue weighted by atomic mass is 35.5. The van der Waals surface area contributed by atoms with Crippen LogP contribution in [0.1, 0.15) is 16.0 Å². The molecular weight excluding hydrogens is 280 g/mol. The summed E-state index contributed by atoms with van der Waals surface area (Å²) in [6, 6.07) is 7.38. The molecule has 1 aromatic carbocycles. The highest BCUT2D eigenvalue weighted by Gasteiger charge is 2.06. The Morgan fingerprint density at radius 3 is 2.58 bits per heavy atom. The molecule has 0 fully saturated rings. The molecule has 0 atom stereocenters. The molecule has 0 unspecified atom stereocenters. The van der Waals surface area contributed by atoms with Crippen molar-refractivity contribution in [3.8, 4) is 5.75 Å². The fourth-order valence-electron chi connectivity index (χ4n) is 1.65. The lowest BCUT2D eigenvalue weighted by molar-refractivity contribution is -0.128. The van der Waals surface area contributed by atoms with Gasteiger partial charge >= 0.3 is 5.97 Å². The molecule has 1 aromatic heterocycles. The smallest absolute Gasteiger partial charge is 0.336 e. The monoisotopic (exact) mass is 292 g/mol. The van der Waals surface area contributed by atoms with Crippen molar-refractivity contribution in [1.82, 2.24) is 0 Å². The minimum atomic E-state index is -0.394. The van der Waals surface area contributed by atoms with Crippen molar-refractivity contribution in [3.63, 3.8) is 0 Å². The van der Waals surface area contributed by atoms with Gasteiger partial charge in [0.05, 0.1) is 0 Å². The second-order valence-electron chi connectivity index (χ2n) is 4.14. The van der Waals surface area contributed by atoms with Crippen LogP contribution in [0.25, 0.3) is 6.08 Å². The van der Waals surface area contributed by atoms with Gasteiger partial charge in [-0.1, -0.05) is 17.7 Å². The first-order valence-electron chi connectivity index (χ1n) is 5.76. The molecule has 0 aliphatic carbocycles. The Balaban J connectivity index is 2.07. The summed E-state index contributed by atoms with van der Waals surface area (Å²) in [5.74, 6) is 0.120. The van der Waals surface area contributed by atoms with Crippen molar-refractivity contribution in [2.75, 3.05) is 0 Å². The van der Waals surface area contributed by atoms with Crippen molar-refractivity contribution in [2.24, 2.45) is 0 Å². The molecule has 2 rings (SSSR count). The molecule has 0 amide bonds. The molecule has 0 radical (unpaired) electrons. The fraction of sp³-hybridized carbons (Fsp3) is 0.133. The molecule has 0 aliphatic heterocycles. The Morgan fingerprint density at radius 1 is 1.32 bits per heavy atom. The first-order chi connectivity index (χ1) is 9.06. The molecule has 2 aromatic rings.